The number of anilines is 1. The van der Waals surface area contributed by atoms with Gasteiger partial charge >= 0.3 is 0 Å². The molecular weight excluding hydrogens is 308 g/mol. The highest BCUT2D eigenvalue weighted by molar-refractivity contribution is 7.99. The molecule has 0 atom stereocenters. The molecule has 2 rings (SSSR count). The molecule has 0 spiro atoms. The van der Waals surface area contributed by atoms with Crippen molar-refractivity contribution in [2.24, 2.45) is 0 Å². The van der Waals surface area contributed by atoms with Crippen LogP contribution >= 0.6 is 11.8 Å². The number of nitrogens with zero attached hydrogens (tertiary/aromatic N) is 3. The Morgan fingerprint density at radius 2 is 2.00 bits per heavy atom. The van der Waals surface area contributed by atoms with Gasteiger partial charge in [0.1, 0.15) is 5.82 Å². The molecule has 0 bridgehead atoms. The standard InChI is InChI=1S/C17H24N4OS/c1-11(2)16-19-20-17(21(16)12(3)4)23-10-15(22)18-14-8-6-7-13(5)9-14/h6-9,11-12H,10H2,1-5H3,(H,18,22). The van der Waals surface area contributed by atoms with Crippen LogP contribution in [-0.4, -0.2) is 26.4 Å². The van der Waals surface area contributed by atoms with Crippen molar-refractivity contribution in [2.75, 3.05) is 11.1 Å². The molecule has 0 saturated heterocycles. The average molecular weight is 332 g/mol. The lowest BCUT2D eigenvalue weighted by Gasteiger charge is -2.15. The molecule has 1 heterocycles. The Bertz CT molecular complexity index is 679. The first kappa shape index (κ1) is 17.5. The van der Waals surface area contributed by atoms with E-state index in [1.807, 2.05) is 31.2 Å². The number of amides is 1. The van der Waals surface area contributed by atoms with Crippen LogP contribution in [0.5, 0.6) is 0 Å². The molecular formula is C17H24N4OS. The van der Waals surface area contributed by atoms with E-state index in [9.17, 15) is 4.79 Å². The van der Waals surface area contributed by atoms with Gasteiger partial charge in [-0.3, -0.25) is 4.79 Å². The van der Waals surface area contributed by atoms with Crippen LogP contribution in [0.15, 0.2) is 29.4 Å². The molecule has 23 heavy (non-hydrogen) atoms. The summed E-state index contributed by atoms with van der Waals surface area (Å²) < 4.78 is 2.11. The normalized spacial score (nSPS) is 11.3. The molecule has 0 aliphatic rings. The number of carbonyl (C=O) groups is 1. The Balaban J connectivity index is 2.02. The van der Waals surface area contributed by atoms with Crippen LogP contribution in [0.25, 0.3) is 0 Å². The fourth-order valence-corrected chi connectivity index (χ4v) is 3.19. The molecule has 6 heteroatoms. The Hall–Kier alpha value is -1.82. The third-order valence-corrected chi connectivity index (χ3v) is 4.30. The number of rotatable bonds is 6. The van der Waals surface area contributed by atoms with Crippen molar-refractivity contribution >= 4 is 23.4 Å². The second-order valence-corrected chi connectivity index (χ2v) is 7.11. The highest BCUT2D eigenvalue weighted by Gasteiger charge is 2.18. The second-order valence-electron chi connectivity index (χ2n) is 6.17. The Kier molecular flexibility index (Phi) is 5.82. The SMILES string of the molecule is Cc1cccc(NC(=O)CSc2nnc(C(C)C)n2C(C)C)c1. The fraction of sp³-hybridized carbons (Fsp3) is 0.471. The van der Waals surface area contributed by atoms with Crippen molar-refractivity contribution in [2.45, 2.75) is 51.7 Å². The minimum absolute atomic E-state index is 0.0370. The van der Waals surface area contributed by atoms with Crippen molar-refractivity contribution in [1.82, 2.24) is 14.8 Å². The van der Waals surface area contributed by atoms with Gasteiger partial charge in [-0.1, -0.05) is 37.7 Å². The average Bonchev–Trinajstić information content (AvgIpc) is 2.89. The first-order chi connectivity index (χ1) is 10.9. The number of thioether (sulfide) groups is 1. The summed E-state index contributed by atoms with van der Waals surface area (Å²) in [6, 6.07) is 8.05. The lowest BCUT2D eigenvalue weighted by molar-refractivity contribution is -0.113. The van der Waals surface area contributed by atoms with Crippen LogP contribution in [0.2, 0.25) is 0 Å². The summed E-state index contributed by atoms with van der Waals surface area (Å²) in [5.41, 5.74) is 1.94. The highest BCUT2D eigenvalue weighted by Crippen LogP contribution is 2.25. The van der Waals surface area contributed by atoms with Crippen LogP contribution in [0.4, 0.5) is 5.69 Å². The number of benzene rings is 1. The minimum Gasteiger partial charge on any atom is -0.325 e. The topological polar surface area (TPSA) is 59.8 Å². The largest absolute Gasteiger partial charge is 0.325 e. The summed E-state index contributed by atoms with van der Waals surface area (Å²) in [6.07, 6.45) is 0. The molecule has 1 N–H and O–H groups in total. The van der Waals surface area contributed by atoms with Crippen molar-refractivity contribution in [3.8, 4) is 0 Å². The second kappa shape index (κ2) is 7.64. The molecule has 1 aromatic carbocycles. The smallest absolute Gasteiger partial charge is 0.234 e. The van der Waals surface area contributed by atoms with Crippen molar-refractivity contribution in [3.05, 3.63) is 35.7 Å². The first-order valence-corrected chi connectivity index (χ1v) is 8.81. The van der Waals surface area contributed by atoms with Gasteiger partial charge in [-0.25, -0.2) is 0 Å². The summed E-state index contributed by atoms with van der Waals surface area (Å²) >= 11 is 1.42. The van der Waals surface area contributed by atoms with Crippen molar-refractivity contribution in [1.29, 1.82) is 0 Å². The van der Waals surface area contributed by atoms with E-state index >= 15 is 0 Å². The third kappa shape index (κ3) is 4.58. The van der Waals surface area contributed by atoms with Gasteiger partial charge in [0.2, 0.25) is 5.91 Å². The fourth-order valence-electron chi connectivity index (χ4n) is 2.32. The number of hydrogen-bond donors (Lipinski definition) is 1. The highest BCUT2D eigenvalue weighted by atomic mass is 32.2. The molecule has 124 valence electrons. The van der Waals surface area contributed by atoms with E-state index < -0.39 is 0 Å². The Morgan fingerprint density at radius 1 is 1.26 bits per heavy atom. The Morgan fingerprint density at radius 3 is 2.61 bits per heavy atom. The van der Waals surface area contributed by atoms with Gasteiger partial charge < -0.3 is 9.88 Å². The van der Waals surface area contributed by atoms with Gasteiger partial charge in [0.05, 0.1) is 5.75 Å². The predicted molar refractivity (Wildman–Crippen MR) is 95.0 cm³/mol. The molecule has 0 aliphatic heterocycles. The zero-order valence-electron chi connectivity index (χ0n) is 14.3. The van der Waals surface area contributed by atoms with Crippen molar-refractivity contribution < 1.29 is 4.79 Å². The molecule has 1 aromatic heterocycles. The van der Waals surface area contributed by atoms with Gasteiger partial charge in [0.15, 0.2) is 5.16 Å². The predicted octanol–water partition coefficient (Wildman–Crippen LogP) is 4.02. The van der Waals surface area contributed by atoms with E-state index in [1.54, 1.807) is 0 Å². The first-order valence-electron chi connectivity index (χ1n) is 7.82. The van der Waals surface area contributed by atoms with Gasteiger partial charge in [0.25, 0.3) is 0 Å². The minimum atomic E-state index is -0.0370. The zero-order chi connectivity index (χ0) is 17.0. The summed E-state index contributed by atoms with van der Waals surface area (Å²) in [6.45, 7) is 10.4. The number of nitrogens with one attached hydrogen (secondary N) is 1. The van der Waals surface area contributed by atoms with E-state index in [2.05, 4.69) is 47.8 Å². The quantitative estimate of drug-likeness (QED) is 0.812. The van der Waals surface area contributed by atoms with Crippen LogP contribution in [-0.2, 0) is 4.79 Å². The van der Waals surface area contributed by atoms with Crippen molar-refractivity contribution in [3.63, 3.8) is 0 Å². The molecule has 0 fully saturated rings. The van der Waals surface area contributed by atoms with Gasteiger partial charge in [-0.05, 0) is 38.5 Å². The zero-order valence-corrected chi connectivity index (χ0v) is 15.1. The summed E-state index contributed by atoms with van der Waals surface area (Å²) in [5.74, 6) is 1.55. The van der Waals surface area contributed by atoms with Crippen LogP contribution in [0.3, 0.4) is 0 Å². The lowest BCUT2D eigenvalue weighted by Crippen LogP contribution is -2.15. The third-order valence-electron chi connectivity index (χ3n) is 3.36. The van der Waals surface area contributed by atoms with Crippen LogP contribution in [0.1, 0.15) is 51.0 Å². The van der Waals surface area contributed by atoms with E-state index in [1.165, 1.54) is 11.8 Å². The number of aryl methyl sites for hydroxylation is 1. The summed E-state index contributed by atoms with van der Waals surface area (Å²) in [4.78, 5) is 12.1. The molecule has 2 aromatic rings. The number of carbonyl (C=O) groups excluding carboxylic acids is 1. The summed E-state index contributed by atoms with van der Waals surface area (Å²) in [7, 11) is 0. The van der Waals surface area contributed by atoms with E-state index in [0.29, 0.717) is 11.7 Å². The molecule has 0 unspecified atom stereocenters. The molecule has 0 saturated carbocycles. The maximum absolute atomic E-state index is 12.1. The molecule has 5 nitrogen and oxygen atoms in total. The van der Waals surface area contributed by atoms with Crippen LogP contribution in [0, 0.1) is 6.92 Å². The number of hydrogen-bond acceptors (Lipinski definition) is 4. The maximum atomic E-state index is 12.1. The van der Waals surface area contributed by atoms with Gasteiger partial charge in [-0.2, -0.15) is 0 Å². The monoisotopic (exact) mass is 332 g/mol. The maximum Gasteiger partial charge on any atom is 0.234 e. The molecule has 0 aliphatic carbocycles. The lowest BCUT2D eigenvalue weighted by atomic mass is 10.2. The molecule has 0 radical (unpaired) electrons. The van der Waals surface area contributed by atoms with E-state index in [-0.39, 0.29) is 11.9 Å². The van der Waals surface area contributed by atoms with E-state index in [0.717, 1.165) is 22.2 Å². The van der Waals surface area contributed by atoms with Crippen LogP contribution < -0.4 is 5.32 Å². The molecule has 1 amide bonds. The number of aromatic nitrogens is 3. The van der Waals surface area contributed by atoms with Gasteiger partial charge in [0, 0.05) is 17.6 Å². The van der Waals surface area contributed by atoms with Gasteiger partial charge in [-0.15, -0.1) is 10.2 Å². The Labute approximate surface area is 141 Å². The summed E-state index contributed by atoms with van der Waals surface area (Å²) in [5, 5.41) is 12.2. The van der Waals surface area contributed by atoms with E-state index in [4.69, 9.17) is 0 Å².